The lowest BCUT2D eigenvalue weighted by atomic mass is 9.88. The molecule has 0 aromatic heterocycles. The van der Waals surface area contributed by atoms with E-state index in [1.807, 2.05) is 0 Å². The lowest BCUT2D eigenvalue weighted by Crippen LogP contribution is -2.36. The van der Waals surface area contributed by atoms with Gasteiger partial charge in [-0.1, -0.05) is 18.2 Å². The minimum atomic E-state index is -1.89. The van der Waals surface area contributed by atoms with Gasteiger partial charge in [-0.25, -0.2) is 4.79 Å². The number of nitrogens with one attached hydrogen (secondary N) is 2. The zero-order valence-corrected chi connectivity index (χ0v) is 13.4. The van der Waals surface area contributed by atoms with Crippen LogP contribution in [0, 0.1) is 0 Å². The summed E-state index contributed by atoms with van der Waals surface area (Å²) < 4.78 is 4.48. The second-order valence-electron chi connectivity index (χ2n) is 5.65. The van der Waals surface area contributed by atoms with E-state index >= 15 is 0 Å². The molecule has 0 spiro atoms. The fourth-order valence-electron chi connectivity index (χ4n) is 2.72. The normalized spacial score (nSPS) is 18.2. The second-order valence-corrected chi connectivity index (χ2v) is 5.65. The van der Waals surface area contributed by atoms with Gasteiger partial charge in [-0.15, -0.1) is 0 Å². The predicted octanol–water partition coefficient (Wildman–Crippen LogP) is 2.28. The quantitative estimate of drug-likeness (QED) is 0.741. The second kappa shape index (κ2) is 6.37. The van der Waals surface area contributed by atoms with Gasteiger partial charge >= 0.3 is 6.09 Å². The third-order valence-corrected chi connectivity index (χ3v) is 4.05. The maximum absolute atomic E-state index is 12.5. The Bertz CT molecular complexity index is 847. The standard InChI is InChI=1S/C18H16N2O5/c1-25-17(23)19-12-8-6-11(7-9-12)15(21)10-18(24)13-4-2-3-5-14(13)20-16(18)22/h2-9,24H,10H2,1H3,(H,19,23)(H,20,22). The highest BCUT2D eigenvalue weighted by atomic mass is 16.5. The molecule has 1 heterocycles. The Labute approximate surface area is 143 Å². The maximum atomic E-state index is 12.5. The van der Waals surface area contributed by atoms with Gasteiger partial charge in [0.1, 0.15) is 0 Å². The van der Waals surface area contributed by atoms with Gasteiger partial charge in [-0.3, -0.25) is 14.9 Å². The zero-order valence-electron chi connectivity index (χ0n) is 13.4. The molecule has 1 atom stereocenters. The lowest BCUT2D eigenvalue weighted by molar-refractivity contribution is -0.133. The van der Waals surface area contributed by atoms with Crippen LogP contribution in [0.4, 0.5) is 16.2 Å². The van der Waals surface area contributed by atoms with Gasteiger partial charge < -0.3 is 15.2 Å². The summed E-state index contributed by atoms with van der Waals surface area (Å²) in [6, 6.07) is 12.8. The molecule has 1 aliphatic rings. The van der Waals surface area contributed by atoms with E-state index < -0.39 is 17.6 Å². The average Bonchev–Trinajstić information content (AvgIpc) is 2.86. The van der Waals surface area contributed by atoms with Crippen LogP contribution in [-0.2, 0) is 15.1 Å². The molecule has 0 radical (unpaired) electrons. The molecule has 2 aromatic carbocycles. The molecule has 0 saturated heterocycles. The Hall–Kier alpha value is -3.19. The molecule has 0 saturated carbocycles. The molecule has 0 aliphatic carbocycles. The van der Waals surface area contributed by atoms with Crippen LogP contribution in [0.2, 0.25) is 0 Å². The molecule has 3 N–H and O–H groups in total. The van der Waals surface area contributed by atoms with Gasteiger partial charge in [-0.2, -0.15) is 0 Å². The Morgan fingerprint density at radius 3 is 2.52 bits per heavy atom. The van der Waals surface area contributed by atoms with E-state index in [0.29, 0.717) is 22.5 Å². The van der Waals surface area contributed by atoms with Crippen LogP contribution in [0.25, 0.3) is 0 Å². The number of methoxy groups -OCH3 is 1. The van der Waals surface area contributed by atoms with Crippen LogP contribution in [-0.4, -0.2) is 30.0 Å². The van der Waals surface area contributed by atoms with E-state index in [9.17, 15) is 19.5 Å². The number of ether oxygens (including phenoxy) is 1. The van der Waals surface area contributed by atoms with Gasteiger partial charge in [0.25, 0.3) is 5.91 Å². The summed E-state index contributed by atoms with van der Waals surface area (Å²) in [5.74, 6) is -1.01. The van der Waals surface area contributed by atoms with Crippen molar-refractivity contribution >= 4 is 29.2 Å². The van der Waals surface area contributed by atoms with Gasteiger partial charge in [0.15, 0.2) is 11.4 Å². The minimum Gasteiger partial charge on any atom is -0.453 e. The molecule has 7 heteroatoms. The number of carbonyl (C=O) groups excluding carboxylic acids is 3. The van der Waals surface area contributed by atoms with E-state index in [1.54, 1.807) is 24.3 Å². The molecule has 1 aliphatic heterocycles. The molecule has 1 unspecified atom stereocenters. The van der Waals surface area contributed by atoms with Gasteiger partial charge in [-0.05, 0) is 30.3 Å². The van der Waals surface area contributed by atoms with Crippen LogP contribution < -0.4 is 10.6 Å². The SMILES string of the molecule is COC(=O)Nc1ccc(C(=O)CC2(O)C(=O)Nc3ccccc32)cc1. The largest absolute Gasteiger partial charge is 0.453 e. The summed E-state index contributed by atoms with van der Waals surface area (Å²) >= 11 is 0. The number of fused-ring (bicyclic) bond motifs is 1. The highest BCUT2D eigenvalue weighted by Crippen LogP contribution is 2.38. The molecule has 2 amide bonds. The van der Waals surface area contributed by atoms with Crippen LogP contribution in [0.15, 0.2) is 48.5 Å². The number of benzene rings is 2. The van der Waals surface area contributed by atoms with Crippen molar-refractivity contribution < 1.29 is 24.2 Å². The number of para-hydroxylation sites is 1. The predicted molar refractivity (Wildman–Crippen MR) is 90.4 cm³/mol. The summed E-state index contributed by atoms with van der Waals surface area (Å²) in [5, 5.41) is 15.8. The maximum Gasteiger partial charge on any atom is 0.411 e. The van der Waals surface area contributed by atoms with Crippen molar-refractivity contribution in [3.05, 3.63) is 59.7 Å². The third-order valence-electron chi connectivity index (χ3n) is 4.05. The average molecular weight is 340 g/mol. The van der Waals surface area contributed by atoms with Crippen molar-refractivity contribution in [1.82, 2.24) is 0 Å². The topological polar surface area (TPSA) is 105 Å². The third kappa shape index (κ3) is 3.09. The van der Waals surface area contributed by atoms with Crippen molar-refractivity contribution in [1.29, 1.82) is 0 Å². The van der Waals surface area contributed by atoms with E-state index in [-0.39, 0.29) is 12.2 Å². The fourth-order valence-corrected chi connectivity index (χ4v) is 2.72. The smallest absolute Gasteiger partial charge is 0.411 e. The zero-order chi connectivity index (χ0) is 18.0. The number of hydrogen-bond donors (Lipinski definition) is 3. The molecular weight excluding hydrogens is 324 g/mol. The minimum absolute atomic E-state index is 0.320. The van der Waals surface area contributed by atoms with Crippen molar-refractivity contribution in [3.63, 3.8) is 0 Å². The molecule has 7 nitrogen and oxygen atoms in total. The molecule has 25 heavy (non-hydrogen) atoms. The Morgan fingerprint density at radius 1 is 1.16 bits per heavy atom. The summed E-state index contributed by atoms with van der Waals surface area (Å²) in [6.45, 7) is 0. The van der Waals surface area contributed by atoms with E-state index in [4.69, 9.17) is 0 Å². The number of anilines is 2. The van der Waals surface area contributed by atoms with E-state index in [0.717, 1.165) is 0 Å². The van der Waals surface area contributed by atoms with Gasteiger partial charge in [0, 0.05) is 22.5 Å². The Morgan fingerprint density at radius 2 is 1.84 bits per heavy atom. The summed E-state index contributed by atoms with van der Waals surface area (Å²) in [4.78, 5) is 35.8. The Balaban J connectivity index is 1.78. The highest BCUT2D eigenvalue weighted by Gasteiger charge is 2.46. The summed E-state index contributed by atoms with van der Waals surface area (Å²) in [6.07, 6.45) is -0.993. The number of hydrogen-bond acceptors (Lipinski definition) is 5. The number of ketones is 1. The van der Waals surface area contributed by atoms with Crippen LogP contribution >= 0.6 is 0 Å². The number of Topliss-reactive ketones (excluding diaryl/α,β-unsaturated/α-hetero) is 1. The van der Waals surface area contributed by atoms with Crippen molar-refractivity contribution in [2.24, 2.45) is 0 Å². The number of amides is 2. The number of rotatable bonds is 4. The monoisotopic (exact) mass is 340 g/mol. The number of aliphatic hydroxyl groups is 1. The van der Waals surface area contributed by atoms with Crippen molar-refractivity contribution in [3.8, 4) is 0 Å². The molecule has 0 fully saturated rings. The molecule has 128 valence electrons. The first-order valence-corrected chi connectivity index (χ1v) is 7.55. The highest BCUT2D eigenvalue weighted by molar-refractivity contribution is 6.09. The first-order chi connectivity index (χ1) is 11.9. The molecule has 0 bridgehead atoms. The van der Waals surface area contributed by atoms with E-state index in [2.05, 4.69) is 15.4 Å². The van der Waals surface area contributed by atoms with Crippen molar-refractivity contribution in [2.45, 2.75) is 12.0 Å². The Kier molecular flexibility index (Phi) is 4.24. The van der Waals surface area contributed by atoms with E-state index in [1.165, 1.54) is 31.4 Å². The van der Waals surface area contributed by atoms with Gasteiger partial charge in [0.05, 0.1) is 13.5 Å². The van der Waals surface area contributed by atoms with Crippen molar-refractivity contribution in [2.75, 3.05) is 17.7 Å². The molecule has 3 rings (SSSR count). The molecular formula is C18H16N2O5. The lowest BCUT2D eigenvalue weighted by Gasteiger charge is -2.20. The van der Waals surface area contributed by atoms with Crippen LogP contribution in [0.3, 0.4) is 0 Å². The number of carbonyl (C=O) groups is 3. The fraction of sp³-hybridized carbons (Fsp3) is 0.167. The van der Waals surface area contributed by atoms with Crippen LogP contribution in [0.1, 0.15) is 22.3 Å². The first-order valence-electron chi connectivity index (χ1n) is 7.55. The van der Waals surface area contributed by atoms with Gasteiger partial charge in [0.2, 0.25) is 0 Å². The first kappa shape index (κ1) is 16.7. The van der Waals surface area contributed by atoms with Crippen LogP contribution in [0.5, 0.6) is 0 Å². The summed E-state index contributed by atoms with van der Waals surface area (Å²) in [7, 11) is 1.25. The summed E-state index contributed by atoms with van der Waals surface area (Å²) in [5.41, 5.74) is -0.221. The molecule has 2 aromatic rings.